The van der Waals surface area contributed by atoms with Crippen molar-refractivity contribution >= 4 is 34.1 Å². The van der Waals surface area contributed by atoms with Crippen LogP contribution in [0.4, 0.5) is 10.2 Å². The van der Waals surface area contributed by atoms with Crippen molar-refractivity contribution < 1.29 is 9.18 Å². The van der Waals surface area contributed by atoms with Gasteiger partial charge in [0, 0.05) is 42.0 Å². The average Bonchev–Trinajstić information content (AvgIpc) is 2.90. The predicted molar refractivity (Wildman–Crippen MR) is 138 cm³/mol. The second-order valence-corrected chi connectivity index (χ2v) is 9.32. The van der Waals surface area contributed by atoms with Gasteiger partial charge in [0.2, 0.25) is 5.91 Å². The van der Waals surface area contributed by atoms with Crippen LogP contribution >= 0.6 is 11.6 Å². The van der Waals surface area contributed by atoms with Gasteiger partial charge in [0.25, 0.3) is 0 Å². The molecule has 8 heteroatoms. The number of nitrogens with zero attached hydrogens (tertiary/aromatic N) is 5. The molecule has 4 aromatic rings. The number of halogens is 2. The molecule has 0 saturated carbocycles. The molecule has 0 unspecified atom stereocenters. The molecule has 0 aliphatic carbocycles. The zero-order valence-corrected chi connectivity index (χ0v) is 20.4. The molecule has 1 amide bonds. The summed E-state index contributed by atoms with van der Waals surface area (Å²) in [5.74, 6) is 0.276. The lowest BCUT2D eigenvalue weighted by atomic mass is 10.0. The number of anilines is 1. The van der Waals surface area contributed by atoms with Crippen molar-refractivity contribution in [1.29, 1.82) is 5.26 Å². The first kappa shape index (κ1) is 23.7. The van der Waals surface area contributed by atoms with Gasteiger partial charge in [-0.2, -0.15) is 5.26 Å². The normalized spacial score (nSPS) is 15.7. The zero-order valence-electron chi connectivity index (χ0n) is 19.7. The minimum absolute atomic E-state index is 0.0167. The summed E-state index contributed by atoms with van der Waals surface area (Å²) in [6.45, 7) is 3.80. The molecule has 1 atom stereocenters. The first-order valence-corrected chi connectivity index (χ1v) is 12.1. The third-order valence-electron chi connectivity index (χ3n) is 6.54. The number of piperazine rings is 1. The molecule has 0 spiro atoms. The molecule has 5 rings (SSSR count). The van der Waals surface area contributed by atoms with E-state index in [1.165, 1.54) is 12.1 Å². The molecule has 1 fully saturated rings. The Morgan fingerprint density at radius 3 is 2.53 bits per heavy atom. The molecule has 0 radical (unpaired) electrons. The Morgan fingerprint density at radius 2 is 1.83 bits per heavy atom. The van der Waals surface area contributed by atoms with Gasteiger partial charge in [0.05, 0.1) is 23.1 Å². The van der Waals surface area contributed by atoms with Crippen molar-refractivity contribution in [3.8, 4) is 17.3 Å². The maximum absolute atomic E-state index is 13.5. The van der Waals surface area contributed by atoms with Crippen LogP contribution in [-0.2, 0) is 11.2 Å². The molecule has 1 aliphatic heterocycles. The minimum atomic E-state index is -0.492. The van der Waals surface area contributed by atoms with E-state index >= 15 is 0 Å². The number of nitriles is 1. The highest BCUT2D eigenvalue weighted by molar-refractivity contribution is 6.30. The highest BCUT2D eigenvalue weighted by Crippen LogP contribution is 2.32. The third-order valence-corrected chi connectivity index (χ3v) is 6.83. The molecule has 1 aromatic heterocycles. The first-order chi connectivity index (χ1) is 17.4. The van der Waals surface area contributed by atoms with Crippen molar-refractivity contribution in [3.05, 3.63) is 88.7 Å². The molecule has 0 bridgehead atoms. The fourth-order valence-electron chi connectivity index (χ4n) is 4.69. The van der Waals surface area contributed by atoms with Gasteiger partial charge in [-0.25, -0.2) is 4.39 Å². The zero-order chi connectivity index (χ0) is 25.2. The summed E-state index contributed by atoms with van der Waals surface area (Å²) in [6, 6.07) is 21.8. The maximum Gasteiger partial charge on any atom is 0.227 e. The fraction of sp³-hybridized carbons (Fsp3) is 0.214. The number of amides is 1. The molecular formula is C28H23ClFN5O. The van der Waals surface area contributed by atoms with Crippen molar-refractivity contribution in [3.63, 3.8) is 0 Å². The van der Waals surface area contributed by atoms with Crippen LogP contribution in [0, 0.1) is 17.1 Å². The summed E-state index contributed by atoms with van der Waals surface area (Å²) in [5.41, 5.74) is 2.94. The van der Waals surface area contributed by atoms with E-state index in [4.69, 9.17) is 16.9 Å². The highest BCUT2D eigenvalue weighted by Gasteiger charge is 2.29. The highest BCUT2D eigenvalue weighted by atomic mass is 35.5. The van der Waals surface area contributed by atoms with Crippen LogP contribution in [0.15, 0.2) is 66.7 Å². The molecule has 1 aliphatic rings. The van der Waals surface area contributed by atoms with Crippen molar-refractivity contribution in [2.24, 2.45) is 0 Å². The number of aromatic nitrogens is 2. The summed E-state index contributed by atoms with van der Waals surface area (Å²) in [7, 11) is 0. The van der Waals surface area contributed by atoms with Crippen molar-refractivity contribution in [2.45, 2.75) is 19.4 Å². The van der Waals surface area contributed by atoms with E-state index in [0.29, 0.717) is 30.8 Å². The Hall–Kier alpha value is -4.02. The van der Waals surface area contributed by atoms with E-state index in [1.54, 1.807) is 18.2 Å². The van der Waals surface area contributed by atoms with Gasteiger partial charge >= 0.3 is 0 Å². The van der Waals surface area contributed by atoms with Crippen LogP contribution in [0.5, 0.6) is 0 Å². The van der Waals surface area contributed by atoms with E-state index in [9.17, 15) is 9.18 Å². The number of rotatable bonds is 4. The lowest BCUT2D eigenvalue weighted by Gasteiger charge is -2.40. The monoisotopic (exact) mass is 499 g/mol. The molecule has 6 nitrogen and oxygen atoms in total. The van der Waals surface area contributed by atoms with Crippen LogP contribution in [0.1, 0.15) is 18.1 Å². The quantitative estimate of drug-likeness (QED) is 0.384. The Morgan fingerprint density at radius 1 is 1.08 bits per heavy atom. The van der Waals surface area contributed by atoms with Gasteiger partial charge in [-0.15, -0.1) is 10.2 Å². The van der Waals surface area contributed by atoms with Crippen LogP contribution in [0.2, 0.25) is 5.02 Å². The second kappa shape index (κ2) is 9.92. The number of fused-ring (bicyclic) bond motifs is 1. The molecule has 2 heterocycles. The Balaban J connectivity index is 1.36. The largest absolute Gasteiger partial charge is 0.351 e. The number of carbonyl (C=O) groups is 1. The summed E-state index contributed by atoms with van der Waals surface area (Å²) in [6.07, 6.45) is 0.173. The van der Waals surface area contributed by atoms with Crippen molar-refractivity contribution in [2.75, 3.05) is 24.5 Å². The van der Waals surface area contributed by atoms with E-state index in [-0.39, 0.29) is 23.4 Å². The SMILES string of the molecule is C[C@H]1CN(c2nnc(-c3ccc(C#N)cc3)c3ccccc23)CCN1C(=O)Cc1ccc(F)c(Cl)c1. The van der Waals surface area contributed by atoms with E-state index in [2.05, 4.69) is 21.2 Å². The van der Waals surface area contributed by atoms with Gasteiger partial charge in [-0.1, -0.05) is 54.1 Å². The molecule has 180 valence electrons. The summed E-state index contributed by atoms with van der Waals surface area (Å²) in [4.78, 5) is 17.0. The summed E-state index contributed by atoms with van der Waals surface area (Å²) in [5, 5.41) is 20.2. The first-order valence-electron chi connectivity index (χ1n) is 11.7. The van der Waals surface area contributed by atoms with E-state index in [1.807, 2.05) is 48.2 Å². The number of carbonyl (C=O) groups excluding carboxylic acids is 1. The molecule has 1 saturated heterocycles. The Bertz CT molecular complexity index is 1480. The number of hydrogen-bond acceptors (Lipinski definition) is 5. The molecular weight excluding hydrogens is 477 g/mol. The van der Waals surface area contributed by atoms with Crippen LogP contribution in [0.25, 0.3) is 22.0 Å². The molecule has 0 N–H and O–H groups in total. The maximum atomic E-state index is 13.5. The van der Waals surface area contributed by atoms with Gasteiger partial charge in [0.1, 0.15) is 11.5 Å². The number of hydrogen-bond donors (Lipinski definition) is 0. The van der Waals surface area contributed by atoms with Gasteiger partial charge in [-0.3, -0.25) is 4.79 Å². The fourth-order valence-corrected chi connectivity index (χ4v) is 4.89. The Kier molecular flexibility index (Phi) is 6.53. The second-order valence-electron chi connectivity index (χ2n) is 8.91. The minimum Gasteiger partial charge on any atom is -0.351 e. The predicted octanol–water partition coefficient (Wildman–Crippen LogP) is 5.24. The average molecular weight is 500 g/mol. The van der Waals surface area contributed by atoms with Gasteiger partial charge in [0.15, 0.2) is 5.82 Å². The summed E-state index contributed by atoms with van der Waals surface area (Å²) >= 11 is 5.88. The van der Waals surface area contributed by atoms with Crippen LogP contribution < -0.4 is 4.90 Å². The summed E-state index contributed by atoms with van der Waals surface area (Å²) < 4.78 is 13.5. The standard InChI is InChI=1S/C28H23ClFN5O/c1-18-17-34(12-13-35(18)26(36)15-20-8-11-25(30)24(29)14-20)28-23-5-3-2-4-22(23)27(32-33-28)21-9-6-19(16-31)7-10-21/h2-11,14,18H,12-13,15,17H2,1H3/t18-/m0/s1. The van der Waals surface area contributed by atoms with Crippen molar-refractivity contribution in [1.82, 2.24) is 15.1 Å². The van der Waals surface area contributed by atoms with E-state index < -0.39 is 5.82 Å². The van der Waals surface area contributed by atoms with Crippen LogP contribution in [-0.4, -0.2) is 46.7 Å². The smallest absolute Gasteiger partial charge is 0.227 e. The topological polar surface area (TPSA) is 73.1 Å². The lowest BCUT2D eigenvalue weighted by molar-refractivity contribution is -0.132. The molecule has 36 heavy (non-hydrogen) atoms. The number of benzene rings is 3. The van der Waals surface area contributed by atoms with Gasteiger partial charge in [-0.05, 0) is 36.8 Å². The van der Waals surface area contributed by atoms with Crippen LogP contribution in [0.3, 0.4) is 0 Å². The third kappa shape index (κ3) is 4.60. The lowest BCUT2D eigenvalue weighted by Crippen LogP contribution is -2.54. The molecule has 3 aromatic carbocycles. The van der Waals surface area contributed by atoms with E-state index in [0.717, 1.165) is 27.8 Å². The Labute approximate surface area is 213 Å². The van der Waals surface area contributed by atoms with Gasteiger partial charge < -0.3 is 9.80 Å².